The third-order valence-corrected chi connectivity index (χ3v) is 6.95. The van der Waals surface area contributed by atoms with Crippen LogP contribution in [0.5, 0.6) is 5.75 Å². The predicted molar refractivity (Wildman–Crippen MR) is 158 cm³/mol. The molecule has 4 aromatic heterocycles. The number of nitrogens with one attached hydrogen (secondary N) is 1. The minimum absolute atomic E-state index is 0.187. The molecule has 0 fully saturated rings. The first-order valence-corrected chi connectivity index (χ1v) is 13.2. The van der Waals surface area contributed by atoms with Gasteiger partial charge in [0.05, 0.1) is 30.1 Å². The van der Waals surface area contributed by atoms with Gasteiger partial charge in [-0.3, -0.25) is 9.78 Å². The van der Waals surface area contributed by atoms with Crippen molar-refractivity contribution in [3.05, 3.63) is 118 Å². The van der Waals surface area contributed by atoms with E-state index in [2.05, 4.69) is 20.3 Å². The highest BCUT2D eigenvalue weighted by atomic mass is 19.1. The van der Waals surface area contributed by atoms with Crippen molar-refractivity contribution in [3.63, 3.8) is 0 Å². The molecule has 9 heteroatoms. The highest BCUT2D eigenvalue weighted by Gasteiger charge is 2.20. The summed E-state index contributed by atoms with van der Waals surface area (Å²) < 4.78 is 21.2. The number of hydrogen-bond donors (Lipinski definition) is 1. The molecule has 1 atom stereocenters. The van der Waals surface area contributed by atoms with Gasteiger partial charge in [0.25, 0.3) is 0 Å². The average Bonchev–Trinajstić information content (AvgIpc) is 2.98. The molecule has 0 aliphatic rings. The summed E-state index contributed by atoms with van der Waals surface area (Å²) in [5, 5.41) is 4.49. The number of anilines is 1. The lowest BCUT2D eigenvalue weighted by Crippen LogP contribution is -2.17. The summed E-state index contributed by atoms with van der Waals surface area (Å²) in [4.78, 5) is 31.9. The number of hydrogen-bond acceptors (Lipinski definition) is 7. The molecule has 6 aromatic rings. The van der Waals surface area contributed by atoms with Crippen molar-refractivity contribution < 1.29 is 9.13 Å². The number of methoxy groups -OCH3 is 1. The molecule has 0 bridgehead atoms. The van der Waals surface area contributed by atoms with Crippen LogP contribution in [-0.2, 0) is 6.54 Å². The Morgan fingerprint density at radius 2 is 1.83 bits per heavy atom. The molecular weight excluding hydrogens is 519 g/mol. The number of nitrogens with zero attached hydrogens (tertiary/aromatic N) is 5. The molecule has 0 saturated heterocycles. The zero-order valence-electron chi connectivity index (χ0n) is 22.8. The van der Waals surface area contributed by atoms with Crippen molar-refractivity contribution in [2.45, 2.75) is 26.4 Å². The summed E-state index contributed by atoms with van der Waals surface area (Å²) in [7, 11) is 1.63. The zero-order valence-corrected chi connectivity index (χ0v) is 22.8. The molecule has 2 aromatic carbocycles. The number of benzene rings is 2. The first-order valence-electron chi connectivity index (χ1n) is 13.2. The molecule has 0 unspecified atom stereocenters. The maximum Gasteiger partial charge on any atom is 0.194 e. The van der Waals surface area contributed by atoms with Gasteiger partial charge in [0.2, 0.25) is 0 Å². The monoisotopic (exact) mass is 546 g/mol. The lowest BCUT2D eigenvalue weighted by atomic mass is 10.0. The lowest BCUT2D eigenvalue weighted by Gasteiger charge is -2.20. The van der Waals surface area contributed by atoms with Crippen LogP contribution in [0.4, 0.5) is 10.2 Å². The molecule has 0 saturated carbocycles. The van der Waals surface area contributed by atoms with Crippen LogP contribution < -0.4 is 15.5 Å². The predicted octanol–water partition coefficient (Wildman–Crippen LogP) is 6.08. The van der Waals surface area contributed by atoms with Crippen molar-refractivity contribution in [1.29, 1.82) is 0 Å². The van der Waals surface area contributed by atoms with Gasteiger partial charge in [0.15, 0.2) is 5.43 Å². The van der Waals surface area contributed by atoms with Gasteiger partial charge >= 0.3 is 0 Å². The molecule has 41 heavy (non-hydrogen) atoms. The van der Waals surface area contributed by atoms with Gasteiger partial charge in [-0.2, -0.15) is 0 Å². The molecule has 8 nitrogen and oxygen atoms in total. The molecule has 0 radical (unpaired) electrons. The first-order chi connectivity index (χ1) is 19.9. The molecule has 0 amide bonds. The third-order valence-electron chi connectivity index (χ3n) is 6.95. The summed E-state index contributed by atoms with van der Waals surface area (Å²) in [6.45, 7) is 4.26. The van der Waals surface area contributed by atoms with E-state index in [4.69, 9.17) is 9.72 Å². The molecule has 204 valence electrons. The second-order valence-electron chi connectivity index (χ2n) is 9.81. The number of halogens is 1. The number of ether oxygens (including phenoxy) is 1. The van der Waals surface area contributed by atoms with Gasteiger partial charge in [-0.15, -0.1) is 0 Å². The second kappa shape index (κ2) is 10.8. The summed E-state index contributed by atoms with van der Waals surface area (Å²) in [6.07, 6.45) is 3.46. The van der Waals surface area contributed by atoms with Crippen molar-refractivity contribution in [2.24, 2.45) is 0 Å². The highest BCUT2D eigenvalue weighted by molar-refractivity contribution is 5.88. The van der Waals surface area contributed by atoms with E-state index in [1.54, 1.807) is 32.5 Å². The average molecular weight is 547 g/mol. The van der Waals surface area contributed by atoms with Gasteiger partial charge in [0, 0.05) is 36.0 Å². The van der Waals surface area contributed by atoms with E-state index in [0.717, 1.165) is 16.9 Å². The first kappa shape index (κ1) is 26.1. The molecule has 4 heterocycles. The van der Waals surface area contributed by atoms with Crippen LogP contribution in [0.15, 0.2) is 90.0 Å². The summed E-state index contributed by atoms with van der Waals surface area (Å²) in [6, 6.07) is 20.9. The lowest BCUT2D eigenvalue weighted by molar-refractivity contribution is 0.414. The summed E-state index contributed by atoms with van der Waals surface area (Å²) in [5.74, 6) is 1.38. The number of rotatable bonds is 7. The van der Waals surface area contributed by atoms with Crippen LogP contribution in [-0.4, -0.2) is 31.6 Å². The number of fused-ring (bicyclic) bond motifs is 2. The zero-order chi connectivity index (χ0) is 28.5. The van der Waals surface area contributed by atoms with Crippen molar-refractivity contribution in [2.75, 3.05) is 12.4 Å². The van der Waals surface area contributed by atoms with E-state index < -0.39 is 0 Å². The van der Waals surface area contributed by atoms with E-state index in [1.165, 1.54) is 18.2 Å². The summed E-state index contributed by atoms with van der Waals surface area (Å²) in [5.41, 5.74) is 4.19. The molecular formula is C32H27FN6O2. The van der Waals surface area contributed by atoms with Crippen LogP contribution in [0.3, 0.4) is 0 Å². The third kappa shape index (κ3) is 5.21. The Kier molecular flexibility index (Phi) is 6.84. The van der Waals surface area contributed by atoms with Gasteiger partial charge in [-0.25, -0.2) is 19.3 Å². The van der Waals surface area contributed by atoms with E-state index in [0.29, 0.717) is 51.5 Å². The standard InChI is InChI=1S/C32H27FN6O2/c1-19(30-25(27-6-4-5-14-34-27)17-22-16-23(33)9-12-26(22)38-30)35-31-29-28(40)13-15-39(32(29)37-20(2)36-31)18-21-7-10-24(41-3)11-8-21/h4-17,19H,18H2,1-3H3,(H,35,36,37)/t19-/m0/s1. The maximum atomic E-state index is 14.0. The van der Waals surface area contributed by atoms with Crippen LogP contribution in [0.25, 0.3) is 33.2 Å². The van der Waals surface area contributed by atoms with E-state index in [1.807, 2.05) is 60.0 Å². The van der Waals surface area contributed by atoms with E-state index in [-0.39, 0.29) is 17.3 Å². The number of aromatic nitrogens is 5. The van der Waals surface area contributed by atoms with Gasteiger partial charge in [-0.05, 0) is 67.9 Å². The van der Waals surface area contributed by atoms with Crippen LogP contribution in [0, 0.1) is 12.7 Å². The number of pyridine rings is 3. The number of aryl methyl sites for hydroxylation is 1. The van der Waals surface area contributed by atoms with E-state index >= 15 is 0 Å². The largest absolute Gasteiger partial charge is 0.497 e. The Labute approximate surface area is 235 Å². The molecule has 0 aliphatic heterocycles. The van der Waals surface area contributed by atoms with Crippen LogP contribution in [0.2, 0.25) is 0 Å². The van der Waals surface area contributed by atoms with Crippen molar-refractivity contribution >= 4 is 27.8 Å². The quantitative estimate of drug-likeness (QED) is 0.259. The fraction of sp³-hybridized carbons (Fsp3) is 0.156. The highest BCUT2D eigenvalue weighted by Crippen LogP contribution is 2.32. The molecule has 1 N–H and O–H groups in total. The fourth-order valence-electron chi connectivity index (χ4n) is 4.96. The molecule has 0 aliphatic carbocycles. The van der Waals surface area contributed by atoms with Crippen LogP contribution in [0.1, 0.15) is 30.0 Å². The van der Waals surface area contributed by atoms with Crippen molar-refractivity contribution in [3.8, 4) is 17.0 Å². The van der Waals surface area contributed by atoms with Gasteiger partial charge in [-0.1, -0.05) is 18.2 Å². The molecule has 6 rings (SSSR count). The minimum atomic E-state index is -0.381. The maximum absolute atomic E-state index is 14.0. The Morgan fingerprint density at radius 3 is 2.59 bits per heavy atom. The Hall–Kier alpha value is -5.18. The topological polar surface area (TPSA) is 94.8 Å². The van der Waals surface area contributed by atoms with Gasteiger partial charge in [0.1, 0.15) is 34.2 Å². The SMILES string of the molecule is COc1ccc(Cn2ccc(=O)c3c(N[C@@H](C)c4nc5ccc(F)cc5cc4-c4ccccn4)nc(C)nc32)cc1. The van der Waals surface area contributed by atoms with Gasteiger partial charge < -0.3 is 14.6 Å². The normalized spacial score (nSPS) is 12.0. The smallest absolute Gasteiger partial charge is 0.194 e. The van der Waals surface area contributed by atoms with Crippen LogP contribution >= 0.6 is 0 Å². The summed E-state index contributed by atoms with van der Waals surface area (Å²) >= 11 is 0. The minimum Gasteiger partial charge on any atom is -0.497 e. The molecule has 0 spiro atoms. The second-order valence-corrected chi connectivity index (χ2v) is 9.81. The Morgan fingerprint density at radius 1 is 1.00 bits per heavy atom. The van der Waals surface area contributed by atoms with Crippen molar-refractivity contribution in [1.82, 2.24) is 24.5 Å². The Balaban J connectivity index is 1.44. The fourth-order valence-corrected chi connectivity index (χ4v) is 4.96. The van der Waals surface area contributed by atoms with E-state index in [9.17, 15) is 9.18 Å². The Bertz CT molecular complexity index is 1940.